The van der Waals surface area contributed by atoms with E-state index in [9.17, 15) is 9.90 Å². The largest absolute Gasteiger partial charge is 0.508 e. The molecule has 0 saturated carbocycles. The Bertz CT molecular complexity index is 678. The number of fused-ring (bicyclic) bond motifs is 1. The first-order chi connectivity index (χ1) is 9.45. The molecule has 104 valence electrons. The van der Waals surface area contributed by atoms with Crippen LogP contribution in [0.3, 0.4) is 0 Å². The van der Waals surface area contributed by atoms with Crippen molar-refractivity contribution in [3.63, 3.8) is 0 Å². The van der Waals surface area contributed by atoms with Crippen molar-refractivity contribution in [3.8, 4) is 5.75 Å². The normalized spacial score (nSPS) is 21.3. The zero-order valence-electron chi connectivity index (χ0n) is 11.5. The van der Waals surface area contributed by atoms with Gasteiger partial charge in [-0.1, -0.05) is 32.0 Å². The Morgan fingerprint density at radius 2 is 1.90 bits per heavy atom. The van der Waals surface area contributed by atoms with Gasteiger partial charge in [0.05, 0.1) is 6.04 Å². The molecule has 1 heterocycles. The molecule has 20 heavy (non-hydrogen) atoms. The molecule has 2 aromatic carbocycles. The molecule has 1 saturated heterocycles. The van der Waals surface area contributed by atoms with Gasteiger partial charge in [-0.25, -0.2) is 4.79 Å². The van der Waals surface area contributed by atoms with E-state index in [1.54, 1.807) is 12.1 Å². The average molecular weight is 271 g/mol. The number of amides is 1. The van der Waals surface area contributed by atoms with Crippen molar-refractivity contribution >= 4 is 16.9 Å². The van der Waals surface area contributed by atoms with Crippen LogP contribution in [-0.4, -0.2) is 17.8 Å². The Labute approximate surface area is 117 Å². The zero-order valence-corrected chi connectivity index (χ0v) is 11.5. The van der Waals surface area contributed by atoms with Gasteiger partial charge in [-0.05, 0) is 34.5 Å². The first kappa shape index (κ1) is 12.8. The van der Waals surface area contributed by atoms with Crippen molar-refractivity contribution in [1.29, 1.82) is 0 Å². The summed E-state index contributed by atoms with van der Waals surface area (Å²) in [7, 11) is 0. The predicted octanol–water partition coefficient (Wildman–Crippen LogP) is 3.35. The van der Waals surface area contributed by atoms with Crippen molar-refractivity contribution < 1.29 is 14.6 Å². The number of rotatable bonds is 1. The minimum absolute atomic E-state index is 0.0815. The predicted molar refractivity (Wildman–Crippen MR) is 76.6 cm³/mol. The number of carbonyl (C=O) groups is 1. The summed E-state index contributed by atoms with van der Waals surface area (Å²) < 4.78 is 5.06. The summed E-state index contributed by atoms with van der Waals surface area (Å²) in [6.45, 7) is 4.54. The first-order valence-corrected chi connectivity index (χ1v) is 6.62. The molecular formula is C16H17NO3. The van der Waals surface area contributed by atoms with E-state index in [4.69, 9.17) is 4.74 Å². The van der Waals surface area contributed by atoms with Crippen LogP contribution < -0.4 is 5.32 Å². The number of alkyl carbamates (subject to hydrolysis) is 1. The van der Waals surface area contributed by atoms with Crippen molar-refractivity contribution in [2.45, 2.75) is 19.9 Å². The molecule has 0 aromatic heterocycles. The lowest BCUT2D eigenvalue weighted by atomic mass is 9.80. The molecule has 1 atom stereocenters. The molecule has 0 aliphatic carbocycles. The van der Waals surface area contributed by atoms with Gasteiger partial charge in [0.2, 0.25) is 0 Å². The standard InChI is InChI=1S/C16H17NO3/c1-16(2)9-20-15(19)17-14(16)12-4-3-11-8-13(18)6-5-10(11)7-12/h3-8,14,18H,9H2,1-2H3,(H,17,19)/t14-/m1/s1. The molecule has 2 N–H and O–H groups in total. The van der Waals surface area contributed by atoms with Crippen LogP contribution in [0.2, 0.25) is 0 Å². The molecular weight excluding hydrogens is 254 g/mol. The molecule has 0 radical (unpaired) electrons. The summed E-state index contributed by atoms with van der Waals surface area (Å²) in [5.74, 6) is 0.255. The number of cyclic esters (lactones) is 1. The highest BCUT2D eigenvalue weighted by Gasteiger charge is 2.37. The number of hydrogen-bond donors (Lipinski definition) is 2. The van der Waals surface area contributed by atoms with E-state index in [0.29, 0.717) is 6.61 Å². The van der Waals surface area contributed by atoms with E-state index in [0.717, 1.165) is 16.3 Å². The highest BCUT2D eigenvalue weighted by atomic mass is 16.6. The number of nitrogens with one attached hydrogen (secondary N) is 1. The Morgan fingerprint density at radius 1 is 1.20 bits per heavy atom. The second-order valence-corrected chi connectivity index (χ2v) is 5.93. The van der Waals surface area contributed by atoms with E-state index in [2.05, 4.69) is 19.2 Å². The van der Waals surface area contributed by atoms with E-state index >= 15 is 0 Å². The van der Waals surface area contributed by atoms with Crippen LogP contribution in [0, 0.1) is 5.41 Å². The summed E-state index contributed by atoms with van der Waals surface area (Å²) in [6.07, 6.45) is -0.375. The van der Waals surface area contributed by atoms with Crippen LogP contribution in [0.25, 0.3) is 10.8 Å². The monoisotopic (exact) mass is 271 g/mol. The summed E-state index contributed by atoms with van der Waals surface area (Å²) in [5, 5.41) is 14.4. The molecule has 2 aromatic rings. The lowest BCUT2D eigenvalue weighted by molar-refractivity contribution is 0.0388. The van der Waals surface area contributed by atoms with E-state index in [-0.39, 0.29) is 23.3 Å². The Hall–Kier alpha value is -2.23. The van der Waals surface area contributed by atoms with Gasteiger partial charge in [0, 0.05) is 5.41 Å². The third-order valence-electron chi connectivity index (χ3n) is 3.80. The minimum Gasteiger partial charge on any atom is -0.508 e. The first-order valence-electron chi connectivity index (χ1n) is 6.62. The lowest BCUT2D eigenvalue weighted by Gasteiger charge is -2.38. The van der Waals surface area contributed by atoms with Crippen molar-refractivity contribution in [3.05, 3.63) is 42.0 Å². The fraction of sp³-hybridized carbons (Fsp3) is 0.312. The van der Waals surface area contributed by atoms with E-state index < -0.39 is 0 Å². The highest BCUT2D eigenvalue weighted by Crippen LogP contribution is 2.37. The minimum atomic E-state index is -0.375. The fourth-order valence-corrected chi connectivity index (χ4v) is 2.66. The second kappa shape index (κ2) is 4.40. The molecule has 4 nitrogen and oxygen atoms in total. The maximum atomic E-state index is 11.5. The molecule has 0 spiro atoms. The Kier molecular flexibility index (Phi) is 2.82. The van der Waals surface area contributed by atoms with Gasteiger partial charge in [-0.3, -0.25) is 0 Å². The molecule has 3 rings (SSSR count). The maximum absolute atomic E-state index is 11.5. The van der Waals surface area contributed by atoms with Crippen LogP contribution in [0.15, 0.2) is 36.4 Å². The SMILES string of the molecule is CC1(C)COC(=O)N[C@@H]1c1ccc2cc(O)ccc2c1. The number of ether oxygens (including phenoxy) is 1. The maximum Gasteiger partial charge on any atom is 0.407 e. The number of carbonyl (C=O) groups excluding carboxylic acids is 1. The van der Waals surface area contributed by atoms with Crippen LogP contribution >= 0.6 is 0 Å². The van der Waals surface area contributed by atoms with Crippen molar-refractivity contribution in [1.82, 2.24) is 5.32 Å². The number of hydrogen-bond acceptors (Lipinski definition) is 3. The average Bonchev–Trinajstić information content (AvgIpc) is 2.41. The quantitative estimate of drug-likeness (QED) is 0.836. The Morgan fingerprint density at radius 3 is 2.70 bits per heavy atom. The van der Waals surface area contributed by atoms with Crippen LogP contribution in [0.1, 0.15) is 25.5 Å². The van der Waals surface area contributed by atoms with E-state index in [1.165, 1.54) is 0 Å². The second-order valence-electron chi connectivity index (χ2n) is 5.93. The van der Waals surface area contributed by atoms with Gasteiger partial charge in [-0.15, -0.1) is 0 Å². The molecule has 1 aliphatic rings. The van der Waals surface area contributed by atoms with Crippen LogP contribution in [-0.2, 0) is 4.74 Å². The van der Waals surface area contributed by atoms with Gasteiger partial charge in [0.1, 0.15) is 12.4 Å². The summed E-state index contributed by atoms with van der Waals surface area (Å²) in [4.78, 5) is 11.5. The lowest BCUT2D eigenvalue weighted by Crippen LogP contribution is -2.46. The van der Waals surface area contributed by atoms with Crippen molar-refractivity contribution in [2.24, 2.45) is 5.41 Å². The molecule has 1 fully saturated rings. The number of benzene rings is 2. The van der Waals surface area contributed by atoms with E-state index in [1.807, 2.05) is 24.3 Å². The number of aromatic hydroxyl groups is 1. The summed E-state index contributed by atoms with van der Waals surface area (Å²) >= 11 is 0. The fourth-order valence-electron chi connectivity index (χ4n) is 2.66. The van der Waals surface area contributed by atoms with Gasteiger partial charge in [0.25, 0.3) is 0 Å². The van der Waals surface area contributed by atoms with Gasteiger partial charge < -0.3 is 15.2 Å². The third-order valence-corrected chi connectivity index (χ3v) is 3.80. The zero-order chi connectivity index (χ0) is 14.3. The highest BCUT2D eigenvalue weighted by molar-refractivity contribution is 5.84. The van der Waals surface area contributed by atoms with Gasteiger partial charge in [-0.2, -0.15) is 0 Å². The summed E-state index contributed by atoms with van der Waals surface area (Å²) in [6, 6.07) is 11.2. The van der Waals surface area contributed by atoms with Crippen LogP contribution in [0.5, 0.6) is 5.75 Å². The number of phenolic OH excluding ortho intramolecular Hbond substituents is 1. The molecule has 4 heteroatoms. The van der Waals surface area contributed by atoms with Crippen LogP contribution in [0.4, 0.5) is 4.79 Å². The molecule has 1 aliphatic heterocycles. The third kappa shape index (κ3) is 2.18. The smallest absolute Gasteiger partial charge is 0.407 e. The molecule has 1 amide bonds. The number of phenols is 1. The molecule has 0 bridgehead atoms. The van der Waals surface area contributed by atoms with Crippen molar-refractivity contribution in [2.75, 3.05) is 6.61 Å². The van der Waals surface area contributed by atoms with Gasteiger partial charge >= 0.3 is 6.09 Å². The van der Waals surface area contributed by atoms with Gasteiger partial charge in [0.15, 0.2) is 0 Å². The summed E-state index contributed by atoms with van der Waals surface area (Å²) in [5.41, 5.74) is 0.878. The molecule has 0 unspecified atom stereocenters. The Balaban J connectivity index is 2.04. The topological polar surface area (TPSA) is 58.6 Å².